The monoisotopic (exact) mass is 386 g/mol. The molecule has 0 bridgehead atoms. The fourth-order valence-corrected chi connectivity index (χ4v) is 8.14. The number of hydrogen-bond donors (Lipinski definition) is 0. The molecule has 7 heteroatoms. The van der Waals surface area contributed by atoms with E-state index >= 15 is 0 Å². The highest BCUT2D eigenvalue weighted by molar-refractivity contribution is 9.10. The van der Waals surface area contributed by atoms with Gasteiger partial charge in [0.05, 0.1) is 24.6 Å². The number of hydrogen-bond acceptors (Lipinski definition) is 6. The van der Waals surface area contributed by atoms with Gasteiger partial charge in [-0.2, -0.15) is 0 Å². The van der Waals surface area contributed by atoms with Crippen molar-refractivity contribution in [1.82, 2.24) is 0 Å². The predicted molar refractivity (Wildman–Crippen MR) is 79.6 cm³/mol. The van der Waals surface area contributed by atoms with Crippen molar-refractivity contribution in [2.75, 3.05) is 14.2 Å². The normalized spacial score (nSPS) is 57.6. The summed E-state index contributed by atoms with van der Waals surface area (Å²) >= 11 is 3.83. The lowest BCUT2D eigenvalue weighted by atomic mass is 9.37. The molecule has 2 saturated heterocycles. The van der Waals surface area contributed by atoms with Crippen LogP contribution in [0.1, 0.15) is 32.1 Å². The van der Waals surface area contributed by atoms with Gasteiger partial charge in [0.2, 0.25) is 0 Å². The number of rotatable bonds is 2. The summed E-state index contributed by atoms with van der Waals surface area (Å²) in [4.78, 5) is 26.2. The van der Waals surface area contributed by atoms with Crippen LogP contribution in [0, 0.1) is 16.7 Å². The first-order valence-electron chi connectivity index (χ1n) is 8.16. The molecule has 5 rings (SSSR count). The van der Waals surface area contributed by atoms with Crippen LogP contribution in [-0.4, -0.2) is 48.5 Å². The minimum absolute atomic E-state index is 0.0793. The first kappa shape index (κ1) is 14.7. The predicted octanol–water partition coefficient (Wildman–Crippen LogP) is 1.54. The van der Waals surface area contributed by atoms with E-state index in [9.17, 15) is 9.59 Å². The van der Waals surface area contributed by atoms with Crippen molar-refractivity contribution in [2.24, 2.45) is 16.7 Å². The Labute approximate surface area is 142 Å². The summed E-state index contributed by atoms with van der Waals surface area (Å²) in [5.74, 6) is -0.646. The minimum atomic E-state index is -1.09. The number of carbonyl (C=O) groups excluding carboxylic acids is 2. The van der Waals surface area contributed by atoms with E-state index in [-0.39, 0.29) is 11.9 Å². The highest BCUT2D eigenvalue weighted by Crippen LogP contribution is 2.88. The number of halogens is 1. The molecule has 0 N–H and O–H groups in total. The van der Waals surface area contributed by atoms with Crippen LogP contribution in [0.3, 0.4) is 0 Å². The molecule has 0 unspecified atom stereocenters. The Bertz CT molecular complexity index is 618. The number of methoxy groups -OCH3 is 2. The molecular formula is C16H19BrO6. The molecule has 2 heterocycles. The van der Waals surface area contributed by atoms with Gasteiger partial charge in [0.15, 0.2) is 6.29 Å². The summed E-state index contributed by atoms with van der Waals surface area (Å²) in [6.07, 6.45) is 3.39. The molecule has 6 nitrogen and oxygen atoms in total. The first-order chi connectivity index (χ1) is 11.0. The van der Waals surface area contributed by atoms with E-state index in [1.807, 2.05) is 0 Å². The van der Waals surface area contributed by atoms with E-state index in [1.54, 1.807) is 0 Å². The summed E-state index contributed by atoms with van der Waals surface area (Å²) in [6, 6.07) is 0. The molecule has 0 aromatic rings. The van der Waals surface area contributed by atoms with Crippen LogP contribution in [0.2, 0.25) is 0 Å². The number of alkyl halides is 1. The molecule has 3 aliphatic carbocycles. The Morgan fingerprint density at radius 3 is 2.48 bits per heavy atom. The molecule has 0 amide bonds. The van der Waals surface area contributed by atoms with E-state index in [2.05, 4.69) is 15.9 Å². The Hall–Kier alpha value is -0.660. The largest absolute Gasteiger partial charge is 0.469 e. The maximum Gasteiger partial charge on any atom is 0.318 e. The maximum atomic E-state index is 13.1. The quantitative estimate of drug-likeness (QED) is 0.407. The smallest absolute Gasteiger partial charge is 0.318 e. The van der Waals surface area contributed by atoms with Gasteiger partial charge in [-0.3, -0.25) is 9.59 Å². The Balaban J connectivity index is 1.83. The van der Waals surface area contributed by atoms with Gasteiger partial charge in [0, 0.05) is 0 Å². The van der Waals surface area contributed by atoms with Crippen molar-refractivity contribution in [1.29, 1.82) is 0 Å². The number of fused-ring (bicyclic) bond motifs is 1. The lowest BCUT2D eigenvalue weighted by Crippen LogP contribution is -2.84. The van der Waals surface area contributed by atoms with Crippen molar-refractivity contribution in [3.05, 3.63) is 0 Å². The van der Waals surface area contributed by atoms with Gasteiger partial charge in [-0.25, -0.2) is 0 Å². The van der Waals surface area contributed by atoms with Crippen molar-refractivity contribution < 1.29 is 28.5 Å². The molecule has 0 radical (unpaired) electrons. The van der Waals surface area contributed by atoms with Gasteiger partial charge >= 0.3 is 11.9 Å². The van der Waals surface area contributed by atoms with Crippen molar-refractivity contribution in [2.45, 2.75) is 54.4 Å². The molecule has 126 valence electrons. The third kappa shape index (κ3) is 1.07. The Morgan fingerprint density at radius 1 is 1.09 bits per heavy atom. The zero-order valence-electron chi connectivity index (χ0n) is 13.1. The SMILES string of the molecule is COC(=O)[C@@]12[C@H]3CCC[C@]45O[C@H]4O[C@@H]([C@]15C(=O)OC)[C@]2(Br)CC3. The highest BCUT2D eigenvalue weighted by Gasteiger charge is 3.02. The summed E-state index contributed by atoms with van der Waals surface area (Å²) in [7, 11) is 2.77. The zero-order valence-corrected chi connectivity index (χ0v) is 14.7. The van der Waals surface area contributed by atoms with Gasteiger partial charge in [0.25, 0.3) is 0 Å². The van der Waals surface area contributed by atoms with Crippen LogP contribution < -0.4 is 0 Å². The lowest BCUT2D eigenvalue weighted by Gasteiger charge is -2.67. The number of carbonyl (C=O) groups is 2. The van der Waals surface area contributed by atoms with Crippen LogP contribution in [-0.2, 0) is 28.5 Å². The molecular weight excluding hydrogens is 368 g/mol. The molecule has 5 fully saturated rings. The topological polar surface area (TPSA) is 74.4 Å². The number of ether oxygens (including phenoxy) is 4. The second-order valence-corrected chi connectivity index (χ2v) is 8.86. The van der Waals surface area contributed by atoms with Crippen LogP contribution >= 0.6 is 15.9 Å². The lowest BCUT2D eigenvalue weighted by molar-refractivity contribution is -0.264. The number of esters is 2. The standard InChI is InChI=1S/C16H19BrO6/c1-20-10(18)15-8-4-3-6-14-12(23-14)22-9(13(15,17)7-5-8)16(14,15)11(19)21-2/h8-9,12H,3-7H2,1-2H3/t8-,9+,12+,13+,14-,15+,16+/m0/s1. The average molecular weight is 387 g/mol. The van der Waals surface area contributed by atoms with Crippen molar-refractivity contribution in [3.63, 3.8) is 0 Å². The van der Waals surface area contributed by atoms with E-state index in [0.717, 1.165) is 32.1 Å². The van der Waals surface area contributed by atoms with Crippen LogP contribution in [0.25, 0.3) is 0 Å². The Morgan fingerprint density at radius 2 is 1.78 bits per heavy atom. The molecule has 0 aromatic heterocycles. The third-order valence-corrected chi connectivity index (χ3v) is 8.68. The van der Waals surface area contributed by atoms with Gasteiger partial charge in [-0.15, -0.1) is 0 Å². The molecule has 23 heavy (non-hydrogen) atoms. The maximum absolute atomic E-state index is 13.1. The van der Waals surface area contributed by atoms with E-state index in [0.29, 0.717) is 0 Å². The highest BCUT2D eigenvalue weighted by atomic mass is 79.9. The Kier molecular flexibility index (Phi) is 2.51. The fourth-order valence-electron chi connectivity index (χ4n) is 6.67. The summed E-state index contributed by atoms with van der Waals surface area (Å²) in [5.41, 5.74) is -2.78. The van der Waals surface area contributed by atoms with Crippen molar-refractivity contribution in [3.8, 4) is 0 Å². The minimum Gasteiger partial charge on any atom is -0.469 e. The van der Waals surface area contributed by atoms with Gasteiger partial charge in [0.1, 0.15) is 16.4 Å². The molecule has 1 spiro atoms. The van der Waals surface area contributed by atoms with E-state index in [4.69, 9.17) is 18.9 Å². The molecule has 2 aliphatic heterocycles. The van der Waals surface area contributed by atoms with Crippen LogP contribution in [0.15, 0.2) is 0 Å². The summed E-state index contributed by atoms with van der Waals surface area (Å²) in [5, 5.41) is 0. The average Bonchev–Trinajstić information content (AvgIpc) is 3.15. The second kappa shape index (κ2) is 3.94. The fraction of sp³-hybridized carbons (Fsp3) is 0.875. The van der Waals surface area contributed by atoms with E-state index in [1.165, 1.54) is 14.2 Å². The van der Waals surface area contributed by atoms with Gasteiger partial charge in [-0.1, -0.05) is 22.4 Å². The van der Waals surface area contributed by atoms with Crippen LogP contribution in [0.4, 0.5) is 0 Å². The third-order valence-electron chi connectivity index (χ3n) is 7.24. The van der Waals surface area contributed by atoms with Gasteiger partial charge in [-0.05, 0) is 31.6 Å². The second-order valence-electron chi connectivity index (χ2n) is 7.44. The molecule has 0 aromatic carbocycles. The van der Waals surface area contributed by atoms with Crippen LogP contribution in [0.5, 0.6) is 0 Å². The molecule has 3 saturated carbocycles. The summed E-state index contributed by atoms with van der Waals surface area (Å²) in [6.45, 7) is 0. The molecule has 5 aliphatic rings. The van der Waals surface area contributed by atoms with Gasteiger partial charge < -0.3 is 18.9 Å². The summed E-state index contributed by atoms with van der Waals surface area (Å²) < 4.78 is 21.9. The molecule has 7 atom stereocenters. The zero-order chi connectivity index (χ0) is 16.3. The van der Waals surface area contributed by atoms with Crippen molar-refractivity contribution >= 4 is 27.9 Å². The van der Waals surface area contributed by atoms with E-state index < -0.39 is 39.1 Å². The number of epoxide rings is 1. The first-order valence-corrected chi connectivity index (χ1v) is 8.95.